The van der Waals surface area contributed by atoms with Crippen LogP contribution in [0.3, 0.4) is 0 Å². The Balaban J connectivity index is 1.63. The average Bonchev–Trinajstić information content (AvgIpc) is 3.16. The Morgan fingerprint density at radius 3 is 2.62 bits per heavy atom. The Morgan fingerprint density at radius 2 is 1.85 bits per heavy atom. The summed E-state index contributed by atoms with van der Waals surface area (Å²) in [5.74, 6) is 0.808. The van der Waals surface area contributed by atoms with E-state index in [1.807, 2.05) is 0 Å². The number of benzene rings is 2. The molecule has 8 heteroatoms. The Bertz CT molecular complexity index is 933. The van der Waals surface area contributed by atoms with Crippen molar-refractivity contribution in [1.82, 2.24) is 10.2 Å². The van der Waals surface area contributed by atoms with Crippen molar-refractivity contribution < 1.29 is 19.1 Å². The van der Waals surface area contributed by atoms with Crippen molar-refractivity contribution >= 4 is 35.1 Å². The van der Waals surface area contributed by atoms with Crippen molar-refractivity contribution in [2.24, 2.45) is 0 Å². The highest BCUT2D eigenvalue weighted by Gasteiger charge is 2.49. The number of carbonyl (C=O) groups excluding carboxylic acids is 2. The van der Waals surface area contributed by atoms with Crippen LogP contribution in [0, 0.1) is 0 Å². The molecule has 1 N–H and O–H groups in total. The lowest BCUT2D eigenvalue weighted by Crippen LogP contribution is -2.40. The summed E-state index contributed by atoms with van der Waals surface area (Å²) in [6.07, 6.45) is 0. The predicted octanol–water partition coefficient (Wildman–Crippen LogP) is 3.69. The lowest BCUT2D eigenvalue weighted by atomic mass is 9.91. The highest BCUT2D eigenvalue weighted by Crippen LogP contribution is 2.38. The number of hydrogen-bond donors (Lipinski definition) is 1. The third-order valence-corrected chi connectivity index (χ3v) is 5.29. The second-order valence-corrected chi connectivity index (χ2v) is 7.08. The fourth-order valence-electron chi connectivity index (χ4n) is 3.06. The monoisotopic (exact) mass is 392 g/mol. The summed E-state index contributed by atoms with van der Waals surface area (Å²) in [6.45, 7) is 1.90. The number of urea groups is 1. The Kier molecular flexibility index (Phi) is 3.97. The largest absolute Gasteiger partial charge is 0.454 e. The second-order valence-electron chi connectivity index (χ2n) is 6.26. The number of imide groups is 1. The van der Waals surface area contributed by atoms with E-state index in [0.29, 0.717) is 32.7 Å². The van der Waals surface area contributed by atoms with E-state index < -0.39 is 11.6 Å². The minimum atomic E-state index is -1.19. The zero-order chi connectivity index (χ0) is 18.5. The van der Waals surface area contributed by atoms with Crippen LogP contribution in [0.4, 0.5) is 4.79 Å². The lowest BCUT2D eigenvalue weighted by molar-refractivity contribution is -0.131. The molecule has 6 nitrogen and oxygen atoms in total. The summed E-state index contributed by atoms with van der Waals surface area (Å²) in [7, 11) is 0. The molecule has 4 rings (SSSR count). The first-order valence-corrected chi connectivity index (χ1v) is 8.62. The van der Waals surface area contributed by atoms with Gasteiger partial charge in [-0.15, -0.1) is 0 Å². The standard InChI is InChI=1S/C18H14Cl2N2O4/c1-18(11-3-5-14-15(7-11)26-9-25-14)16(23)22(17(24)21-18)8-10-2-4-12(19)13(20)6-10/h2-7H,8-9H2,1H3,(H,21,24)/t18-/m0/s1. The van der Waals surface area contributed by atoms with Crippen LogP contribution in [0.25, 0.3) is 0 Å². The molecule has 0 bridgehead atoms. The van der Waals surface area contributed by atoms with Crippen LogP contribution in [0.5, 0.6) is 11.5 Å². The Labute approximate surface area is 159 Å². The van der Waals surface area contributed by atoms with Gasteiger partial charge in [0.05, 0.1) is 16.6 Å². The van der Waals surface area contributed by atoms with Crippen LogP contribution >= 0.6 is 23.2 Å². The summed E-state index contributed by atoms with van der Waals surface area (Å²) in [5.41, 5.74) is 0.142. The molecule has 2 aliphatic rings. The van der Waals surface area contributed by atoms with E-state index >= 15 is 0 Å². The van der Waals surface area contributed by atoms with Gasteiger partial charge in [0.25, 0.3) is 5.91 Å². The van der Waals surface area contributed by atoms with Gasteiger partial charge < -0.3 is 14.8 Å². The van der Waals surface area contributed by atoms with E-state index in [1.165, 1.54) is 0 Å². The normalized spacial score (nSPS) is 21.3. The molecule has 0 aliphatic carbocycles. The number of carbonyl (C=O) groups is 2. The predicted molar refractivity (Wildman–Crippen MR) is 95.5 cm³/mol. The van der Waals surface area contributed by atoms with E-state index in [2.05, 4.69) is 5.32 Å². The summed E-state index contributed by atoms with van der Waals surface area (Å²) >= 11 is 11.9. The highest BCUT2D eigenvalue weighted by atomic mass is 35.5. The van der Waals surface area contributed by atoms with Crippen molar-refractivity contribution in [3.63, 3.8) is 0 Å². The van der Waals surface area contributed by atoms with Crippen molar-refractivity contribution in [1.29, 1.82) is 0 Å². The van der Waals surface area contributed by atoms with E-state index in [1.54, 1.807) is 43.3 Å². The molecular formula is C18H14Cl2N2O4. The van der Waals surface area contributed by atoms with Crippen molar-refractivity contribution in [3.05, 3.63) is 57.6 Å². The number of ether oxygens (including phenoxy) is 2. The van der Waals surface area contributed by atoms with Gasteiger partial charge >= 0.3 is 6.03 Å². The zero-order valence-corrected chi connectivity index (χ0v) is 15.2. The van der Waals surface area contributed by atoms with Gasteiger partial charge in [0.2, 0.25) is 6.79 Å². The van der Waals surface area contributed by atoms with E-state index in [9.17, 15) is 9.59 Å². The topological polar surface area (TPSA) is 67.9 Å². The number of nitrogens with zero attached hydrogens (tertiary/aromatic N) is 1. The molecule has 1 atom stereocenters. The molecular weight excluding hydrogens is 379 g/mol. The fraction of sp³-hybridized carbons (Fsp3) is 0.222. The van der Waals surface area contributed by atoms with E-state index in [4.69, 9.17) is 32.7 Å². The average molecular weight is 393 g/mol. The summed E-state index contributed by atoms with van der Waals surface area (Å²) in [5, 5.41) is 3.55. The number of halogens is 2. The molecule has 2 aliphatic heterocycles. The van der Waals surface area contributed by atoms with Crippen LogP contribution in [0.2, 0.25) is 10.0 Å². The molecule has 26 heavy (non-hydrogen) atoms. The molecule has 0 radical (unpaired) electrons. The third kappa shape index (κ3) is 2.66. The fourth-order valence-corrected chi connectivity index (χ4v) is 3.39. The Hall–Kier alpha value is -2.44. The first kappa shape index (κ1) is 17.0. The van der Waals surface area contributed by atoms with Gasteiger partial charge in [-0.05, 0) is 42.3 Å². The molecule has 2 heterocycles. The van der Waals surface area contributed by atoms with Crippen LogP contribution in [0.15, 0.2) is 36.4 Å². The quantitative estimate of drug-likeness (QED) is 0.808. The van der Waals surface area contributed by atoms with Gasteiger partial charge in [0.15, 0.2) is 11.5 Å². The number of amides is 3. The maximum atomic E-state index is 13.0. The molecule has 1 fully saturated rings. The maximum Gasteiger partial charge on any atom is 0.325 e. The SMILES string of the molecule is C[C@@]1(c2ccc3c(c2)OCO3)NC(=O)N(Cc2ccc(Cl)c(Cl)c2)C1=O. The van der Waals surface area contributed by atoms with Gasteiger partial charge in [-0.3, -0.25) is 9.69 Å². The Morgan fingerprint density at radius 1 is 1.08 bits per heavy atom. The van der Waals surface area contributed by atoms with E-state index in [0.717, 1.165) is 4.90 Å². The minimum absolute atomic E-state index is 0.0989. The van der Waals surface area contributed by atoms with Gasteiger partial charge in [0.1, 0.15) is 5.54 Å². The smallest absolute Gasteiger partial charge is 0.325 e. The van der Waals surface area contributed by atoms with Gasteiger partial charge in [-0.2, -0.15) is 0 Å². The lowest BCUT2D eigenvalue weighted by Gasteiger charge is -2.22. The second kappa shape index (κ2) is 6.07. The highest BCUT2D eigenvalue weighted by molar-refractivity contribution is 6.42. The molecule has 2 aromatic carbocycles. The van der Waals surface area contributed by atoms with Gasteiger partial charge in [-0.1, -0.05) is 35.3 Å². The van der Waals surface area contributed by atoms with Crippen LogP contribution in [-0.2, 0) is 16.9 Å². The van der Waals surface area contributed by atoms with Crippen LogP contribution in [0.1, 0.15) is 18.1 Å². The number of hydrogen-bond acceptors (Lipinski definition) is 4. The first-order chi connectivity index (χ1) is 12.4. The van der Waals surface area contributed by atoms with Crippen molar-refractivity contribution in [2.75, 3.05) is 6.79 Å². The molecule has 0 spiro atoms. The summed E-state index contributed by atoms with van der Waals surface area (Å²) < 4.78 is 10.7. The molecule has 2 aromatic rings. The van der Waals surface area contributed by atoms with Gasteiger partial charge in [-0.25, -0.2) is 4.79 Å². The van der Waals surface area contributed by atoms with Gasteiger partial charge in [0, 0.05) is 0 Å². The molecule has 3 amide bonds. The number of rotatable bonds is 3. The molecule has 0 aromatic heterocycles. The number of nitrogens with one attached hydrogen (secondary N) is 1. The summed E-state index contributed by atoms with van der Waals surface area (Å²) in [4.78, 5) is 26.6. The van der Waals surface area contributed by atoms with Crippen molar-refractivity contribution in [3.8, 4) is 11.5 Å². The molecule has 1 saturated heterocycles. The molecule has 0 unspecified atom stereocenters. The van der Waals surface area contributed by atoms with Crippen LogP contribution in [-0.4, -0.2) is 23.6 Å². The summed E-state index contributed by atoms with van der Waals surface area (Å²) in [6, 6.07) is 9.71. The van der Waals surface area contributed by atoms with Crippen LogP contribution < -0.4 is 14.8 Å². The first-order valence-electron chi connectivity index (χ1n) is 7.86. The molecule has 0 saturated carbocycles. The maximum absolute atomic E-state index is 13.0. The third-order valence-electron chi connectivity index (χ3n) is 4.55. The minimum Gasteiger partial charge on any atom is -0.454 e. The molecule has 134 valence electrons. The number of fused-ring (bicyclic) bond motifs is 1. The van der Waals surface area contributed by atoms with Crippen molar-refractivity contribution in [2.45, 2.75) is 19.0 Å². The van der Waals surface area contributed by atoms with E-state index in [-0.39, 0.29) is 19.2 Å². The zero-order valence-electron chi connectivity index (χ0n) is 13.7.